The van der Waals surface area contributed by atoms with E-state index in [1.54, 1.807) is 52.0 Å². The number of benzene rings is 1. The SMILES string of the molecule is [2H]C([2H])(NC(=O)[C@H](CC(C)C)NC(=O)[C@@H]1CCCN1C(=O)[C@@H]1CSCCCC(=O)N[C@@H](Cc2ccc(OC)cc2)C(=O)N[C@@H]([C@@H](C)CC)C(=O)N[C@@H](CCC(N)=O)C(=O)N[C@@H](CC(N)=O)C(=O)N1)C(N)=O. The average Bonchev–Trinajstić information content (AvgIpc) is 3.80. The number of nitrogens with zero attached hydrogens (tertiary/aromatic N) is 1. The highest BCUT2D eigenvalue weighted by Gasteiger charge is 2.40. The summed E-state index contributed by atoms with van der Waals surface area (Å²) < 4.78 is 20.8. The Labute approximate surface area is 408 Å². The zero-order chi connectivity index (χ0) is 53.2. The lowest BCUT2D eigenvalue weighted by Crippen LogP contribution is -2.61. The van der Waals surface area contributed by atoms with Crippen molar-refractivity contribution in [3.63, 3.8) is 0 Å². The van der Waals surface area contributed by atoms with Gasteiger partial charge in [-0.15, -0.1) is 0 Å². The third-order valence-corrected chi connectivity index (χ3v) is 12.6. The first-order chi connectivity index (χ1) is 33.4. The van der Waals surface area contributed by atoms with Crippen molar-refractivity contribution in [2.75, 3.05) is 31.7 Å². The molecule has 3 rings (SSSR count). The molecule has 69 heavy (non-hydrogen) atoms. The molecule has 2 saturated heterocycles. The summed E-state index contributed by atoms with van der Waals surface area (Å²) in [5.74, 6) is -10.3. The quantitative estimate of drug-likeness (QED) is 0.0728. The molecule has 11 amide bonds. The van der Waals surface area contributed by atoms with Crippen LogP contribution in [0, 0.1) is 11.8 Å². The average molecular weight is 990 g/mol. The lowest BCUT2D eigenvalue weighted by molar-refractivity contribution is -0.142. The molecule has 2 heterocycles. The number of methoxy groups -OCH3 is 1. The van der Waals surface area contributed by atoms with E-state index in [1.807, 2.05) is 5.32 Å². The van der Waals surface area contributed by atoms with Crippen LogP contribution in [0.1, 0.15) is 93.8 Å². The van der Waals surface area contributed by atoms with Gasteiger partial charge in [0.2, 0.25) is 65.0 Å². The minimum atomic E-state index is -2.94. The number of primary amides is 3. The van der Waals surface area contributed by atoms with Crippen LogP contribution in [0.15, 0.2) is 24.3 Å². The molecule has 0 aliphatic carbocycles. The molecule has 24 heteroatoms. The van der Waals surface area contributed by atoms with E-state index in [-0.39, 0.29) is 62.5 Å². The van der Waals surface area contributed by atoms with Crippen LogP contribution in [0.25, 0.3) is 0 Å². The Bertz CT molecular complexity index is 2120. The van der Waals surface area contributed by atoms with Crippen molar-refractivity contribution in [3.05, 3.63) is 29.8 Å². The van der Waals surface area contributed by atoms with Gasteiger partial charge in [0.25, 0.3) is 0 Å². The number of hydrogen-bond acceptors (Lipinski definition) is 13. The standard InChI is InChI=1S/C45H69N11O12S/c1-6-25(4)38-44(66)51-28(15-16-34(46)57)40(62)52-31(21-35(47)58)41(63)54-32(23-69-18-8-10-37(60)50-30(42(64)55-38)20-26-11-13-27(68-5)14-12-26)45(67)56-17-7-9-33(56)43(65)53-29(19-24(2)3)39(61)49-22-36(48)59/h11-14,24-25,28-33,38H,6-10,15-23H2,1-5H3,(H2,46,57)(H2,47,58)(H2,48,59)(H,49,61)(H,50,60)(H,51,66)(H,52,62)(H,53,65)(H,54,63)(H,55,64)/t25-,28-,29-,30-,31-,32-,33-,38-/m0/s1/i22D2. The maximum absolute atomic E-state index is 14.5. The van der Waals surface area contributed by atoms with Gasteiger partial charge in [0.15, 0.2) is 0 Å². The van der Waals surface area contributed by atoms with Crippen molar-refractivity contribution < 1.29 is 60.2 Å². The molecule has 0 saturated carbocycles. The number of nitrogens with one attached hydrogen (secondary N) is 7. The first-order valence-electron chi connectivity index (χ1n) is 23.9. The molecule has 2 fully saturated rings. The van der Waals surface area contributed by atoms with Crippen molar-refractivity contribution >= 4 is 76.7 Å². The van der Waals surface area contributed by atoms with Gasteiger partial charge in [0, 0.05) is 31.6 Å². The number of thioether (sulfide) groups is 1. The Morgan fingerprint density at radius 1 is 0.841 bits per heavy atom. The largest absolute Gasteiger partial charge is 0.497 e. The third-order valence-electron chi connectivity index (χ3n) is 11.5. The van der Waals surface area contributed by atoms with E-state index < -0.39 is 133 Å². The van der Waals surface area contributed by atoms with E-state index in [4.69, 9.17) is 24.7 Å². The van der Waals surface area contributed by atoms with Gasteiger partial charge in [-0.25, -0.2) is 0 Å². The van der Waals surface area contributed by atoms with Crippen LogP contribution in [0.4, 0.5) is 0 Å². The van der Waals surface area contributed by atoms with Gasteiger partial charge in [0.05, 0.1) is 22.8 Å². The highest BCUT2D eigenvalue weighted by molar-refractivity contribution is 7.99. The Morgan fingerprint density at radius 2 is 1.49 bits per heavy atom. The highest BCUT2D eigenvalue weighted by atomic mass is 32.2. The summed E-state index contributed by atoms with van der Waals surface area (Å²) in [6, 6.07) is -2.99. The van der Waals surface area contributed by atoms with Gasteiger partial charge in [-0.05, 0) is 67.4 Å². The summed E-state index contributed by atoms with van der Waals surface area (Å²) in [6.45, 7) is 4.00. The molecule has 2 aliphatic heterocycles. The molecule has 23 nitrogen and oxygen atoms in total. The van der Waals surface area contributed by atoms with Gasteiger partial charge < -0.3 is 64.1 Å². The molecule has 0 unspecified atom stereocenters. The van der Waals surface area contributed by atoms with E-state index in [1.165, 1.54) is 12.0 Å². The van der Waals surface area contributed by atoms with Crippen molar-refractivity contribution in [2.45, 2.75) is 134 Å². The fourth-order valence-electron chi connectivity index (χ4n) is 7.60. The number of ether oxygens (including phenoxy) is 1. The summed E-state index contributed by atoms with van der Waals surface area (Å²) in [7, 11) is 1.49. The number of likely N-dealkylation sites (tertiary alicyclic amines) is 1. The maximum atomic E-state index is 14.5. The van der Waals surface area contributed by atoms with E-state index in [0.29, 0.717) is 24.2 Å². The molecule has 2 aliphatic rings. The number of nitrogens with two attached hydrogens (primary N) is 3. The van der Waals surface area contributed by atoms with Crippen molar-refractivity contribution in [2.24, 2.45) is 29.0 Å². The van der Waals surface area contributed by atoms with Crippen LogP contribution in [-0.2, 0) is 59.2 Å². The lowest BCUT2D eigenvalue weighted by Gasteiger charge is -2.31. The first-order valence-corrected chi connectivity index (χ1v) is 24.0. The first kappa shape index (κ1) is 53.5. The summed E-state index contributed by atoms with van der Waals surface area (Å²) in [5, 5.41) is 17.5. The zero-order valence-electron chi connectivity index (χ0n) is 41.7. The van der Waals surface area contributed by atoms with E-state index >= 15 is 0 Å². The Kier molecular flexibility index (Phi) is 21.8. The Balaban J connectivity index is 2.03. The van der Waals surface area contributed by atoms with Gasteiger partial charge in [0.1, 0.15) is 48.0 Å². The predicted octanol–water partition coefficient (Wildman–Crippen LogP) is -2.50. The van der Waals surface area contributed by atoms with Crippen LogP contribution in [0.5, 0.6) is 5.75 Å². The fraction of sp³-hybridized carbons (Fsp3) is 0.622. The molecule has 0 aromatic heterocycles. The summed E-state index contributed by atoms with van der Waals surface area (Å²) in [4.78, 5) is 149. The second kappa shape index (κ2) is 28.1. The van der Waals surface area contributed by atoms with Gasteiger partial charge in [-0.2, -0.15) is 11.8 Å². The summed E-state index contributed by atoms with van der Waals surface area (Å²) in [5.41, 5.74) is 16.7. The summed E-state index contributed by atoms with van der Waals surface area (Å²) >= 11 is 1.15. The molecule has 382 valence electrons. The van der Waals surface area contributed by atoms with Crippen LogP contribution < -0.4 is 59.2 Å². The topological polar surface area (TPSA) is 363 Å². The Hall–Kier alpha value is -6.46. The van der Waals surface area contributed by atoms with Crippen LogP contribution >= 0.6 is 11.8 Å². The minimum absolute atomic E-state index is 0.00694. The van der Waals surface area contributed by atoms with Crippen LogP contribution in [0.3, 0.4) is 0 Å². The fourth-order valence-corrected chi connectivity index (χ4v) is 8.57. The van der Waals surface area contributed by atoms with Gasteiger partial charge >= 0.3 is 0 Å². The second-order valence-corrected chi connectivity index (χ2v) is 18.6. The zero-order valence-corrected chi connectivity index (χ0v) is 40.5. The maximum Gasteiger partial charge on any atom is 0.246 e. The third kappa shape index (κ3) is 18.9. The molecule has 13 N–H and O–H groups in total. The normalized spacial score (nSPS) is 23.8. The number of rotatable bonds is 18. The lowest BCUT2D eigenvalue weighted by atomic mass is 9.96. The molecule has 0 bridgehead atoms. The number of carbonyl (C=O) groups excluding carboxylic acids is 11. The second-order valence-electron chi connectivity index (χ2n) is 17.4. The van der Waals surface area contributed by atoms with E-state index in [2.05, 4.69) is 31.9 Å². The van der Waals surface area contributed by atoms with Crippen molar-refractivity contribution in [1.29, 1.82) is 0 Å². The molecule has 8 atom stereocenters. The van der Waals surface area contributed by atoms with Gasteiger partial charge in [-0.1, -0.05) is 46.2 Å². The number of carbonyl (C=O) groups is 11. The highest BCUT2D eigenvalue weighted by Crippen LogP contribution is 2.22. The smallest absolute Gasteiger partial charge is 0.246 e. The Morgan fingerprint density at radius 3 is 2.10 bits per heavy atom. The van der Waals surface area contributed by atoms with Gasteiger partial charge in [-0.3, -0.25) is 52.7 Å². The predicted molar refractivity (Wildman–Crippen MR) is 253 cm³/mol. The monoisotopic (exact) mass is 989 g/mol. The molecule has 0 spiro atoms. The minimum Gasteiger partial charge on any atom is -0.497 e. The molecular weight excluding hydrogens is 919 g/mol. The van der Waals surface area contributed by atoms with Crippen LogP contribution in [-0.4, -0.2) is 144 Å². The molecular formula is C45H69N11O12S. The molecule has 1 aromatic rings. The van der Waals surface area contributed by atoms with Crippen molar-refractivity contribution in [1.82, 2.24) is 42.1 Å². The molecule has 0 radical (unpaired) electrons. The molecule has 1 aromatic carbocycles. The van der Waals surface area contributed by atoms with E-state index in [9.17, 15) is 52.7 Å². The number of hydrogen-bond donors (Lipinski definition) is 10. The van der Waals surface area contributed by atoms with Crippen LogP contribution in [0.2, 0.25) is 0 Å². The van der Waals surface area contributed by atoms with E-state index in [0.717, 1.165) is 11.8 Å². The summed E-state index contributed by atoms with van der Waals surface area (Å²) in [6.07, 6.45) is -0.666. The number of amides is 11. The van der Waals surface area contributed by atoms with Crippen molar-refractivity contribution in [3.8, 4) is 5.75 Å².